The highest BCUT2D eigenvalue weighted by molar-refractivity contribution is 5.93. The summed E-state index contributed by atoms with van der Waals surface area (Å²) < 4.78 is 0. The first-order valence-corrected chi connectivity index (χ1v) is 6.06. The summed E-state index contributed by atoms with van der Waals surface area (Å²) in [5, 5.41) is 12.3. The van der Waals surface area contributed by atoms with Crippen LogP contribution in [0.1, 0.15) is 19.3 Å². The number of benzene rings is 1. The zero-order valence-electron chi connectivity index (χ0n) is 9.85. The third kappa shape index (κ3) is 3.46. The quantitative estimate of drug-likeness (QED) is 0.784. The molecule has 92 valence electrons. The van der Waals surface area contributed by atoms with Gasteiger partial charge in [0.15, 0.2) is 0 Å². The number of amides is 1. The van der Waals surface area contributed by atoms with Crippen LogP contribution in [0.15, 0.2) is 24.3 Å². The molecule has 1 aromatic rings. The number of aromatic hydroxyl groups is 1. The molecule has 1 amide bonds. The third-order valence-corrected chi connectivity index (χ3v) is 2.99. The number of nitrogens with zero attached hydrogens (tertiary/aromatic N) is 1. The minimum atomic E-state index is -0.0617. The molecule has 1 fully saturated rings. The molecule has 0 unspecified atom stereocenters. The molecule has 0 radical (unpaired) electrons. The zero-order chi connectivity index (χ0) is 12.1. The van der Waals surface area contributed by atoms with Crippen molar-refractivity contribution in [3.05, 3.63) is 24.3 Å². The average molecular weight is 234 g/mol. The number of carbonyl (C=O) groups excluding carboxylic acids is 1. The average Bonchev–Trinajstić information content (AvgIpc) is 2.33. The van der Waals surface area contributed by atoms with Gasteiger partial charge < -0.3 is 10.4 Å². The fraction of sp³-hybridized carbons (Fsp3) is 0.462. The number of hydrogen-bond donors (Lipinski definition) is 2. The molecule has 2 N–H and O–H groups in total. The van der Waals surface area contributed by atoms with Crippen molar-refractivity contribution in [1.82, 2.24) is 4.90 Å². The van der Waals surface area contributed by atoms with Gasteiger partial charge in [-0.1, -0.05) is 18.6 Å². The number of likely N-dealkylation sites (tertiary alicyclic amines) is 1. The summed E-state index contributed by atoms with van der Waals surface area (Å²) in [4.78, 5) is 13.9. The van der Waals surface area contributed by atoms with Gasteiger partial charge in [-0.2, -0.15) is 0 Å². The molecule has 0 spiro atoms. The van der Waals surface area contributed by atoms with Gasteiger partial charge in [0.05, 0.1) is 12.2 Å². The number of rotatable bonds is 3. The Morgan fingerprint density at radius 2 is 1.94 bits per heavy atom. The summed E-state index contributed by atoms with van der Waals surface area (Å²) in [6.45, 7) is 2.40. The van der Waals surface area contributed by atoms with Crippen molar-refractivity contribution in [1.29, 1.82) is 0 Å². The third-order valence-electron chi connectivity index (χ3n) is 2.99. The summed E-state index contributed by atoms with van der Waals surface area (Å²) in [7, 11) is 0. The lowest BCUT2D eigenvalue weighted by molar-refractivity contribution is -0.117. The van der Waals surface area contributed by atoms with Gasteiger partial charge in [-0.3, -0.25) is 9.69 Å². The van der Waals surface area contributed by atoms with Crippen LogP contribution in [-0.2, 0) is 4.79 Å². The van der Waals surface area contributed by atoms with Crippen LogP contribution in [0, 0.1) is 0 Å². The molecular formula is C13H18N2O2. The van der Waals surface area contributed by atoms with Crippen molar-refractivity contribution >= 4 is 11.6 Å². The van der Waals surface area contributed by atoms with Crippen LogP contribution in [-0.4, -0.2) is 35.5 Å². The molecule has 1 aromatic carbocycles. The van der Waals surface area contributed by atoms with E-state index in [1.165, 1.54) is 19.3 Å². The van der Waals surface area contributed by atoms with E-state index in [-0.39, 0.29) is 11.7 Å². The Labute approximate surface area is 101 Å². The Kier molecular flexibility index (Phi) is 3.98. The van der Waals surface area contributed by atoms with E-state index >= 15 is 0 Å². The molecule has 0 saturated carbocycles. The molecule has 17 heavy (non-hydrogen) atoms. The maximum Gasteiger partial charge on any atom is 0.238 e. The number of phenols is 1. The number of para-hydroxylation sites is 2. The first-order chi connectivity index (χ1) is 8.25. The Balaban J connectivity index is 1.86. The molecule has 1 aliphatic heterocycles. The van der Waals surface area contributed by atoms with Crippen molar-refractivity contribution in [2.45, 2.75) is 19.3 Å². The highest BCUT2D eigenvalue weighted by Crippen LogP contribution is 2.21. The van der Waals surface area contributed by atoms with Gasteiger partial charge >= 0.3 is 0 Å². The van der Waals surface area contributed by atoms with Gasteiger partial charge in [0.25, 0.3) is 0 Å². The fourth-order valence-electron chi connectivity index (χ4n) is 2.09. The van der Waals surface area contributed by atoms with Crippen LogP contribution in [0.5, 0.6) is 5.75 Å². The van der Waals surface area contributed by atoms with Gasteiger partial charge in [-0.05, 0) is 38.1 Å². The minimum Gasteiger partial charge on any atom is -0.506 e. The second-order valence-corrected chi connectivity index (χ2v) is 4.40. The number of anilines is 1. The van der Waals surface area contributed by atoms with Crippen molar-refractivity contribution in [2.24, 2.45) is 0 Å². The Bertz CT molecular complexity index is 387. The summed E-state index contributed by atoms with van der Waals surface area (Å²) >= 11 is 0. The van der Waals surface area contributed by atoms with Crippen LogP contribution < -0.4 is 5.32 Å². The van der Waals surface area contributed by atoms with Crippen molar-refractivity contribution in [3.8, 4) is 5.75 Å². The maximum absolute atomic E-state index is 11.8. The number of nitrogens with one attached hydrogen (secondary N) is 1. The Hall–Kier alpha value is -1.55. The van der Waals surface area contributed by atoms with Crippen molar-refractivity contribution in [3.63, 3.8) is 0 Å². The predicted octanol–water partition coefficient (Wildman–Crippen LogP) is 1.82. The molecule has 1 heterocycles. The van der Waals surface area contributed by atoms with Gasteiger partial charge in [0.1, 0.15) is 5.75 Å². The summed E-state index contributed by atoms with van der Waals surface area (Å²) in [5.74, 6) is 0.0490. The minimum absolute atomic E-state index is 0.0617. The highest BCUT2D eigenvalue weighted by Gasteiger charge is 2.14. The molecule has 4 nitrogen and oxygen atoms in total. The van der Waals surface area contributed by atoms with E-state index < -0.39 is 0 Å². The van der Waals surface area contributed by atoms with E-state index in [1.807, 2.05) is 0 Å². The topological polar surface area (TPSA) is 52.6 Å². The molecule has 2 rings (SSSR count). The van der Waals surface area contributed by atoms with Crippen LogP contribution >= 0.6 is 0 Å². The second-order valence-electron chi connectivity index (χ2n) is 4.40. The Morgan fingerprint density at radius 3 is 2.65 bits per heavy atom. The molecule has 0 bridgehead atoms. The van der Waals surface area contributed by atoms with Crippen molar-refractivity contribution < 1.29 is 9.90 Å². The van der Waals surface area contributed by atoms with Gasteiger partial charge in [-0.25, -0.2) is 0 Å². The predicted molar refractivity (Wildman–Crippen MR) is 67.0 cm³/mol. The summed E-state index contributed by atoms with van der Waals surface area (Å²) in [6, 6.07) is 6.78. The number of phenolic OH excluding ortho intramolecular Hbond substituents is 1. The molecule has 0 aliphatic carbocycles. The van der Waals surface area contributed by atoms with Gasteiger partial charge in [0.2, 0.25) is 5.91 Å². The highest BCUT2D eigenvalue weighted by atomic mass is 16.3. The van der Waals surface area contributed by atoms with Gasteiger partial charge in [-0.15, -0.1) is 0 Å². The first kappa shape index (κ1) is 11.9. The molecule has 0 aromatic heterocycles. The molecule has 4 heteroatoms. The standard InChI is InChI=1S/C13H18N2O2/c16-12-7-3-2-6-11(12)14-13(17)10-15-8-4-1-5-9-15/h2-3,6-7,16H,1,4-5,8-10H2,(H,14,17). The Morgan fingerprint density at radius 1 is 1.24 bits per heavy atom. The lowest BCUT2D eigenvalue weighted by Crippen LogP contribution is -2.36. The van der Waals surface area contributed by atoms with E-state index in [2.05, 4.69) is 10.2 Å². The molecule has 1 aliphatic rings. The smallest absolute Gasteiger partial charge is 0.238 e. The van der Waals surface area contributed by atoms with Crippen LogP contribution in [0.3, 0.4) is 0 Å². The molecular weight excluding hydrogens is 216 g/mol. The van der Waals surface area contributed by atoms with E-state index in [0.717, 1.165) is 13.1 Å². The zero-order valence-corrected chi connectivity index (χ0v) is 9.85. The summed E-state index contributed by atoms with van der Waals surface area (Å²) in [5.41, 5.74) is 0.481. The van der Waals surface area contributed by atoms with E-state index in [9.17, 15) is 9.90 Å². The van der Waals surface area contributed by atoms with Crippen LogP contribution in [0.25, 0.3) is 0 Å². The van der Waals surface area contributed by atoms with E-state index in [4.69, 9.17) is 0 Å². The second kappa shape index (κ2) is 5.68. The fourth-order valence-corrected chi connectivity index (χ4v) is 2.09. The van der Waals surface area contributed by atoms with Crippen LogP contribution in [0.4, 0.5) is 5.69 Å². The van der Waals surface area contributed by atoms with Crippen molar-refractivity contribution in [2.75, 3.05) is 25.0 Å². The molecule has 1 saturated heterocycles. The normalized spacial score (nSPS) is 16.7. The number of hydrogen-bond acceptors (Lipinski definition) is 3. The lowest BCUT2D eigenvalue weighted by Gasteiger charge is -2.25. The maximum atomic E-state index is 11.8. The monoisotopic (exact) mass is 234 g/mol. The number of piperidine rings is 1. The van der Waals surface area contributed by atoms with E-state index in [0.29, 0.717) is 12.2 Å². The van der Waals surface area contributed by atoms with Crippen LogP contribution in [0.2, 0.25) is 0 Å². The SMILES string of the molecule is O=C(CN1CCCCC1)Nc1ccccc1O. The summed E-state index contributed by atoms with van der Waals surface area (Å²) in [6.07, 6.45) is 3.60. The van der Waals surface area contributed by atoms with E-state index in [1.54, 1.807) is 24.3 Å². The lowest BCUT2D eigenvalue weighted by atomic mass is 10.1. The number of carbonyl (C=O) groups is 1. The molecule has 0 atom stereocenters. The largest absolute Gasteiger partial charge is 0.506 e. The first-order valence-electron chi connectivity index (χ1n) is 6.06. The van der Waals surface area contributed by atoms with Gasteiger partial charge in [0, 0.05) is 0 Å².